The van der Waals surface area contributed by atoms with E-state index in [2.05, 4.69) is 15.9 Å². The van der Waals surface area contributed by atoms with Crippen LogP contribution in [-0.2, 0) is 0 Å². The van der Waals surface area contributed by atoms with Gasteiger partial charge in [0.25, 0.3) is 0 Å². The van der Waals surface area contributed by atoms with Gasteiger partial charge >= 0.3 is 0 Å². The predicted octanol–water partition coefficient (Wildman–Crippen LogP) is 4.96. The van der Waals surface area contributed by atoms with Crippen molar-refractivity contribution >= 4 is 27.5 Å². The van der Waals surface area contributed by atoms with Gasteiger partial charge in [-0.05, 0) is 37.3 Å². The van der Waals surface area contributed by atoms with E-state index in [1.54, 1.807) is 6.07 Å². The Kier molecular flexibility index (Phi) is 6.21. The summed E-state index contributed by atoms with van der Waals surface area (Å²) < 4.78 is 17.7. The zero-order chi connectivity index (χ0) is 15.1. The van der Waals surface area contributed by atoms with Crippen LogP contribution in [0.15, 0.2) is 46.9 Å². The van der Waals surface area contributed by atoms with Gasteiger partial charge in [0.15, 0.2) is 11.5 Å². The first kappa shape index (κ1) is 16.0. The van der Waals surface area contributed by atoms with E-state index in [4.69, 9.17) is 25.8 Å². The minimum atomic E-state index is 0.399. The lowest BCUT2D eigenvalue weighted by atomic mass is 10.3. The van der Waals surface area contributed by atoms with Crippen LogP contribution in [0, 0.1) is 0 Å². The van der Waals surface area contributed by atoms with Gasteiger partial charge in [0.2, 0.25) is 0 Å². The largest absolute Gasteiger partial charge is 0.490 e. The minimum absolute atomic E-state index is 0.399. The molecule has 5 heteroatoms. The summed E-state index contributed by atoms with van der Waals surface area (Å²) in [6.45, 7) is 3.35. The van der Waals surface area contributed by atoms with E-state index in [0.29, 0.717) is 36.3 Å². The SMILES string of the molecule is CCOc1ccccc1OCCOc1cc(Br)ccc1Cl. The molecule has 0 amide bonds. The Bertz CT molecular complexity index is 589. The summed E-state index contributed by atoms with van der Waals surface area (Å²) in [5.74, 6) is 2.08. The zero-order valence-electron chi connectivity index (χ0n) is 11.6. The van der Waals surface area contributed by atoms with Crippen molar-refractivity contribution in [2.24, 2.45) is 0 Å². The van der Waals surface area contributed by atoms with Gasteiger partial charge in [0.1, 0.15) is 19.0 Å². The van der Waals surface area contributed by atoms with Gasteiger partial charge in [-0.15, -0.1) is 0 Å². The minimum Gasteiger partial charge on any atom is -0.490 e. The molecule has 0 saturated heterocycles. The highest BCUT2D eigenvalue weighted by molar-refractivity contribution is 9.10. The average molecular weight is 372 g/mol. The van der Waals surface area contributed by atoms with Crippen molar-refractivity contribution in [1.29, 1.82) is 0 Å². The van der Waals surface area contributed by atoms with Crippen molar-refractivity contribution in [1.82, 2.24) is 0 Å². The van der Waals surface area contributed by atoms with E-state index in [-0.39, 0.29) is 0 Å². The van der Waals surface area contributed by atoms with Crippen LogP contribution in [0.3, 0.4) is 0 Å². The molecule has 0 N–H and O–H groups in total. The molecule has 0 aromatic heterocycles. The fourth-order valence-electron chi connectivity index (χ4n) is 1.74. The second kappa shape index (κ2) is 8.15. The van der Waals surface area contributed by atoms with Gasteiger partial charge in [-0.25, -0.2) is 0 Å². The maximum Gasteiger partial charge on any atom is 0.161 e. The van der Waals surface area contributed by atoms with Gasteiger partial charge in [-0.1, -0.05) is 39.7 Å². The van der Waals surface area contributed by atoms with Crippen LogP contribution < -0.4 is 14.2 Å². The highest BCUT2D eigenvalue weighted by Gasteiger charge is 2.05. The van der Waals surface area contributed by atoms with Crippen LogP contribution in [0.4, 0.5) is 0 Å². The first-order valence-corrected chi connectivity index (χ1v) is 7.80. The number of halogens is 2. The molecule has 2 rings (SSSR count). The molecule has 0 fully saturated rings. The molecule has 0 atom stereocenters. The van der Waals surface area contributed by atoms with Crippen LogP contribution in [0.1, 0.15) is 6.92 Å². The highest BCUT2D eigenvalue weighted by atomic mass is 79.9. The molecule has 0 saturated carbocycles. The van der Waals surface area contributed by atoms with Gasteiger partial charge in [-0.3, -0.25) is 0 Å². The number of rotatable bonds is 7. The standard InChI is InChI=1S/C16H16BrClO3/c1-2-19-14-5-3-4-6-15(14)20-9-10-21-16-11-12(17)7-8-13(16)18/h3-8,11H,2,9-10H2,1H3. The lowest BCUT2D eigenvalue weighted by molar-refractivity contribution is 0.208. The summed E-state index contributed by atoms with van der Waals surface area (Å²) in [4.78, 5) is 0. The molecule has 0 bridgehead atoms. The molecule has 2 aromatic rings. The highest BCUT2D eigenvalue weighted by Crippen LogP contribution is 2.28. The fourth-order valence-corrected chi connectivity index (χ4v) is 2.25. The molecular formula is C16H16BrClO3. The number of para-hydroxylation sites is 2. The van der Waals surface area contributed by atoms with E-state index in [9.17, 15) is 0 Å². The Balaban J connectivity index is 1.86. The maximum absolute atomic E-state index is 6.05. The van der Waals surface area contributed by atoms with Crippen molar-refractivity contribution in [3.05, 3.63) is 52.0 Å². The summed E-state index contributed by atoms with van der Waals surface area (Å²) in [6, 6.07) is 13.0. The van der Waals surface area contributed by atoms with Crippen molar-refractivity contribution in [3.63, 3.8) is 0 Å². The van der Waals surface area contributed by atoms with Crippen molar-refractivity contribution in [2.75, 3.05) is 19.8 Å². The second-order valence-electron chi connectivity index (χ2n) is 4.15. The Morgan fingerprint density at radius 2 is 1.52 bits per heavy atom. The van der Waals surface area contributed by atoms with Crippen molar-refractivity contribution in [2.45, 2.75) is 6.92 Å². The third kappa shape index (κ3) is 4.83. The fraction of sp³-hybridized carbons (Fsp3) is 0.250. The summed E-state index contributed by atoms with van der Waals surface area (Å²) in [7, 11) is 0. The molecule has 112 valence electrons. The van der Waals surface area contributed by atoms with Gasteiger partial charge < -0.3 is 14.2 Å². The van der Waals surface area contributed by atoms with Crippen LogP contribution >= 0.6 is 27.5 Å². The first-order chi connectivity index (χ1) is 10.2. The summed E-state index contributed by atoms with van der Waals surface area (Å²) >= 11 is 9.43. The summed E-state index contributed by atoms with van der Waals surface area (Å²) in [6.07, 6.45) is 0. The molecule has 0 unspecified atom stereocenters. The predicted molar refractivity (Wildman–Crippen MR) is 87.8 cm³/mol. The molecule has 0 aliphatic heterocycles. The number of benzene rings is 2. The van der Waals surface area contributed by atoms with Crippen LogP contribution in [0.5, 0.6) is 17.2 Å². The van der Waals surface area contributed by atoms with Crippen molar-refractivity contribution < 1.29 is 14.2 Å². The second-order valence-corrected chi connectivity index (χ2v) is 5.47. The molecule has 0 heterocycles. The molecule has 21 heavy (non-hydrogen) atoms. The normalized spacial score (nSPS) is 10.2. The Labute approximate surface area is 137 Å². The van der Waals surface area contributed by atoms with E-state index < -0.39 is 0 Å². The molecule has 0 radical (unpaired) electrons. The number of hydrogen-bond donors (Lipinski definition) is 0. The number of ether oxygens (including phenoxy) is 3. The van der Waals surface area contributed by atoms with Crippen LogP contribution in [0.25, 0.3) is 0 Å². The van der Waals surface area contributed by atoms with E-state index in [0.717, 1.165) is 10.2 Å². The third-order valence-electron chi connectivity index (χ3n) is 2.64. The Morgan fingerprint density at radius 3 is 2.19 bits per heavy atom. The molecule has 3 nitrogen and oxygen atoms in total. The van der Waals surface area contributed by atoms with Crippen LogP contribution in [-0.4, -0.2) is 19.8 Å². The van der Waals surface area contributed by atoms with Gasteiger partial charge in [-0.2, -0.15) is 0 Å². The van der Waals surface area contributed by atoms with E-state index >= 15 is 0 Å². The lowest BCUT2D eigenvalue weighted by Gasteiger charge is -2.12. The van der Waals surface area contributed by atoms with E-state index in [1.165, 1.54) is 0 Å². The summed E-state index contributed by atoms with van der Waals surface area (Å²) in [5, 5.41) is 0.577. The Hall–Kier alpha value is -1.39. The maximum atomic E-state index is 6.05. The van der Waals surface area contributed by atoms with E-state index in [1.807, 2.05) is 43.3 Å². The van der Waals surface area contributed by atoms with Crippen LogP contribution in [0.2, 0.25) is 5.02 Å². The monoisotopic (exact) mass is 370 g/mol. The molecule has 0 aliphatic rings. The molecule has 0 spiro atoms. The topological polar surface area (TPSA) is 27.7 Å². The van der Waals surface area contributed by atoms with Crippen molar-refractivity contribution in [3.8, 4) is 17.2 Å². The number of hydrogen-bond acceptors (Lipinski definition) is 3. The lowest BCUT2D eigenvalue weighted by Crippen LogP contribution is -2.10. The van der Waals surface area contributed by atoms with Gasteiger partial charge in [0.05, 0.1) is 11.6 Å². The molecular weight excluding hydrogens is 356 g/mol. The quantitative estimate of drug-likeness (QED) is 0.644. The molecule has 0 aliphatic carbocycles. The zero-order valence-corrected chi connectivity index (χ0v) is 14.0. The van der Waals surface area contributed by atoms with Gasteiger partial charge in [0, 0.05) is 4.47 Å². The smallest absolute Gasteiger partial charge is 0.161 e. The first-order valence-electron chi connectivity index (χ1n) is 6.63. The third-order valence-corrected chi connectivity index (χ3v) is 3.45. The average Bonchev–Trinajstić information content (AvgIpc) is 2.49. The summed E-state index contributed by atoms with van der Waals surface area (Å²) in [5.41, 5.74) is 0. The Morgan fingerprint density at radius 1 is 0.905 bits per heavy atom. The molecule has 2 aromatic carbocycles.